The number of anilines is 1. The Hall–Kier alpha value is -2.50. The molecule has 0 radical (unpaired) electrons. The number of ether oxygens (including phenoxy) is 1. The third-order valence-corrected chi connectivity index (χ3v) is 8.52. The Kier molecular flexibility index (Phi) is 7.30. The minimum atomic E-state index is -0.756. The number of nitrogens with zero attached hydrogens (tertiary/aromatic N) is 4. The van der Waals surface area contributed by atoms with Gasteiger partial charge in [-0.15, -0.1) is 11.8 Å². The molecule has 3 aromatic rings. The zero-order chi connectivity index (χ0) is 26.4. The van der Waals surface area contributed by atoms with E-state index in [4.69, 9.17) is 16.3 Å². The van der Waals surface area contributed by atoms with Crippen LogP contribution in [0.4, 0.5) is 14.6 Å². The van der Waals surface area contributed by atoms with Crippen LogP contribution in [0.1, 0.15) is 6.92 Å². The predicted molar refractivity (Wildman–Crippen MR) is 142 cm³/mol. The molecule has 3 heterocycles. The van der Waals surface area contributed by atoms with Crippen LogP contribution < -0.4 is 10.6 Å². The highest BCUT2D eigenvalue weighted by Crippen LogP contribution is 2.46. The van der Waals surface area contributed by atoms with Gasteiger partial charge in [0.1, 0.15) is 23.7 Å². The first-order valence-electron chi connectivity index (χ1n) is 11.9. The standard InChI is InChI=1S/C26H27ClF2N4O3S/c1-4-21(34)31-7-8-32(14(2)11-31)25-18-10-19(27)22(17-6-5-15(28)9-20(17)29)24-23(18)33(26(35)30-25)12-16(36-3)13-37-24/h4-6,9-10,14,16,21,34H,1,7-8,11-13H2,2-3H3/t14-,16-,21?/m0/s1. The number of aliphatic hydroxyl groups is 1. The molecule has 11 heteroatoms. The van der Waals surface area contributed by atoms with E-state index >= 15 is 0 Å². The first-order valence-corrected chi connectivity index (χ1v) is 13.3. The molecule has 0 aliphatic carbocycles. The van der Waals surface area contributed by atoms with E-state index in [0.29, 0.717) is 52.6 Å². The second-order valence-corrected chi connectivity index (χ2v) is 10.7. The number of hydrogen-bond acceptors (Lipinski definition) is 7. The molecule has 37 heavy (non-hydrogen) atoms. The minimum Gasteiger partial charge on any atom is -0.379 e. The highest BCUT2D eigenvalue weighted by molar-refractivity contribution is 7.99. The van der Waals surface area contributed by atoms with E-state index in [-0.39, 0.29) is 29.3 Å². The Morgan fingerprint density at radius 1 is 1.30 bits per heavy atom. The zero-order valence-electron chi connectivity index (χ0n) is 20.5. The number of rotatable bonds is 5. The number of thioether (sulfide) groups is 1. The zero-order valence-corrected chi connectivity index (χ0v) is 22.0. The molecule has 1 fully saturated rings. The number of hydrogen-bond donors (Lipinski definition) is 1. The first-order chi connectivity index (χ1) is 17.7. The van der Waals surface area contributed by atoms with Crippen molar-refractivity contribution in [3.8, 4) is 11.1 Å². The summed E-state index contributed by atoms with van der Waals surface area (Å²) in [5.74, 6) is -0.428. The van der Waals surface area contributed by atoms with Crippen molar-refractivity contribution in [2.24, 2.45) is 0 Å². The van der Waals surface area contributed by atoms with Gasteiger partial charge in [-0.1, -0.05) is 18.2 Å². The van der Waals surface area contributed by atoms with Crippen LogP contribution in [0.2, 0.25) is 5.02 Å². The van der Waals surface area contributed by atoms with E-state index in [1.807, 2.05) is 16.7 Å². The molecule has 1 saturated heterocycles. The third kappa shape index (κ3) is 4.66. The molecule has 0 saturated carbocycles. The quantitative estimate of drug-likeness (QED) is 0.481. The van der Waals surface area contributed by atoms with Crippen LogP contribution in [0.5, 0.6) is 0 Å². The van der Waals surface area contributed by atoms with E-state index in [2.05, 4.69) is 11.6 Å². The van der Waals surface area contributed by atoms with Crippen LogP contribution in [-0.4, -0.2) is 70.4 Å². The van der Waals surface area contributed by atoms with Crippen molar-refractivity contribution in [1.29, 1.82) is 0 Å². The van der Waals surface area contributed by atoms with Gasteiger partial charge in [0.15, 0.2) is 0 Å². The van der Waals surface area contributed by atoms with Gasteiger partial charge in [-0.05, 0) is 31.2 Å². The summed E-state index contributed by atoms with van der Waals surface area (Å²) in [7, 11) is 1.58. The second-order valence-electron chi connectivity index (χ2n) is 9.27. The van der Waals surface area contributed by atoms with Crippen LogP contribution >= 0.6 is 23.4 Å². The second kappa shape index (κ2) is 10.3. The van der Waals surface area contributed by atoms with Crippen molar-refractivity contribution < 1.29 is 18.6 Å². The lowest BCUT2D eigenvalue weighted by Crippen LogP contribution is -2.55. The van der Waals surface area contributed by atoms with Crippen molar-refractivity contribution in [2.75, 3.05) is 37.4 Å². The molecule has 0 bridgehead atoms. The fourth-order valence-electron chi connectivity index (χ4n) is 5.10. The first kappa shape index (κ1) is 26.1. The van der Waals surface area contributed by atoms with Gasteiger partial charge in [0, 0.05) is 66.0 Å². The summed E-state index contributed by atoms with van der Waals surface area (Å²) in [6.07, 6.45) is 0.449. The van der Waals surface area contributed by atoms with Crippen LogP contribution in [0.25, 0.3) is 22.0 Å². The molecule has 196 valence electrons. The molecule has 3 atom stereocenters. The van der Waals surface area contributed by atoms with Crippen LogP contribution in [0.3, 0.4) is 0 Å². The van der Waals surface area contributed by atoms with Crippen molar-refractivity contribution in [3.63, 3.8) is 0 Å². The van der Waals surface area contributed by atoms with E-state index in [1.54, 1.807) is 17.7 Å². The molecule has 2 aliphatic rings. The maximum Gasteiger partial charge on any atom is 0.350 e. The van der Waals surface area contributed by atoms with Gasteiger partial charge < -0.3 is 14.7 Å². The summed E-state index contributed by atoms with van der Waals surface area (Å²) in [6, 6.07) is 5.02. The summed E-state index contributed by atoms with van der Waals surface area (Å²) in [6.45, 7) is 7.55. The molecule has 0 amide bonds. The Labute approximate surface area is 222 Å². The Bertz CT molecular complexity index is 1440. The topological polar surface area (TPSA) is 70.8 Å². The third-order valence-electron chi connectivity index (χ3n) is 7.00. The summed E-state index contributed by atoms with van der Waals surface area (Å²) in [5.41, 5.74) is 0.723. The van der Waals surface area contributed by atoms with Crippen molar-refractivity contribution in [1.82, 2.24) is 14.5 Å². The number of halogens is 3. The van der Waals surface area contributed by atoms with E-state index in [9.17, 15) is 18.7 Å². The molecular weight excluding hydrogens is 522 g/mol. The molecule has 5 rings (SSSR count). The maximum absolute atomic E-state index is 15.0. The average Bonchev–Trinajstić information content (AvgIpc) is 3.07. The minimum absolute atomic E-state index is 0.0738. The van der Waals surface area contributed by atoms with Gasteiger partial charge in [-0.2, -0.15) is 4.98 Å². The Balaban J connectivity index is 1.74. The Morgan fingerprint density at radius 3 is 2.76 bits per heavy atom. The molecular formula is C26H27ClF2N4O3S. The summed E-state index contributed by atoms with van der Waals surface area (Å²) in [5, 5.41) is 11.2. The van der Waals surface area contributed by atoms with Gasteiger partial charge in [0.25, 0.3) is 0 Å². The molecule has 2 aromatic carbocycles. The van der Waals surface area contributed by atoms with Crippen molar-refractivity contribution in [2.45, 2.75) is 36.7 Å². The molecule has 1 N–H and O–H groups in total. The van der Waals surface area contributed by atoms with Crippen LogP contribution in [0.15, 0.2) is 46.6 Å². The summed E-state index contributed by atoms with van der Waals surface area (Å²) in [4.78, 5) is 22.5. The molecule has 2 aliphatic heterocycles. The smallest absolute Gasteiger partial charge is 0.350 e. The fraction of sp³-hybridized carbons (Fsp3) is 0.385. The lowest BCUT2D eigenvalue weighted by molar-refractivity contribution is 0.0296. The number of aromatic nitrogens is 2. The van der Waals surface area contributed by atoms with Crippen molar-refractivity contribution >= 4 is 40.1 Å². The van der Waals surface area contributed by atoms with E-state index < -0.39 is 23.6 Å². The van der Waals surface area contributed by atoms with Gasteiger partial charge in [0.2, 0.25) is 0 Å². The summed E-state index contributed by atoms with van der Waals surface area (Å²) >= 11 is 8.24. The normalized spacial score (nSPS) is 21.2. The lowest BCUT2D eigenvalue weighted by Gasteiger charge is -2.42. The van der Waals surface area contributed by atoms with Gasteiger partial charge in [-0.25, -0.2) is 13.6 Å². The fourth-order valence-corrected chi connectivity index (χ4v) is 6.78. The van der Waals surface area contributed by atoms with Crippen LogP contribution in [-0.2, 0) is 11.3 Å². The number of aliphatic hydroxyl groups excluding tert-OH is 1. The number of methoxy groups -OCH3 is 1. The van der Waals surface area contributed by atoms with Gasteiger partial charge >= 0.3 is 5.69 Å². The highest BCUT2D eigenvalue weighted by Gasteiger charge is 2.32. The summed E-state index contributed by atoms with van der Waals surface area (Å²) < 4.78 is 35.8. The number of piperazine rings is 1. The van der Waals surface area contributed by atoms with E-state index in [1.165, 1.54) is 30.0 Å². The average molecular weight is 549 g/mol. The highest BCUT2D eigenvalue weighted by atomic mass is 35.5. The lowest BCUT2D eigenvalue weighted by atomic mass is 10.0. The van der Waals surface area contributed by atoms with Crippen LogP contribution in [0, 0.1) is 11.6 Å². The van der Waals surface area contributed by atoms with Gasteiger partial charge in [-0.3, -0.25) is 9.47 Å². The monoisotopic (exact) mass is 548 g/mol. The molecule has 7 nitrogen and oxygen atoms in total. The van der Waals surface area contributed by atoms with E-state index in [0.717, 1.165) is 6.07 Å². The Morgan fingerprint density at radius 2 is 2.08 bits per heavy atom. The van der Waals surface area contributed by atoms with Gasteiger partial charge in [0.05, 0.1) is 23.2 Å². The molecule has 0 spiro atoms. The van der Waals surface area contributed by atoms with Crippen molar-refractivity contribution in [3.05, 3.63) is 64.1 Å². The SMILES string of the molecule is C=CC(O)N1CCN(c2nc(=O)n3c4c(c(-c5ccc(F)cc5F)c(Cl)cc24)SC[C@@H](OC)C3)[C@@H](C)C1. The predicted octanol–water partition coefficient (Wildman–Crippen LogP) is 4.13. The largest absolute Gasteiger partial charge is 0.379 e. The molecule has 1 unspecified atom stereocenters. The number of benzene rings is 2. The maximum atomic E-state index is 15.0. The molecule has 1 aromatic heterocycles.